The first-order chi connectivity index (χ1) is 13.5. The molecule has 2 aromatic carbocycles. The minimum Gasteiger partial charge on any atom is -0.507 e. The number of hydrogen-bond donors (Lipinski definition) is 2. The lowest BCUT2D eigenvalue weighted by Crippen LogP contribution is -2.12. The molecule has 28 heavy (non-hydrogen) atoms. The van der Waals surface area contributed by atoms with Crippen LogP contribution in [-0.4, -0.2) is 22.8 Å². The van der Waals surface area contributed by atoms with Crippen molar-refractivity contribution in [1.82, 2.24) is 5.43 Å². The normalized spacial score (nSPS) is 11.1. The summed E-state index contributed by atoms with van der Waals surface area (Å²) in [5, 5.41) is 14.6. The molecule has 3 rings (SSSR count). The van der Waals surface area contributed by atoms with Gasteiger partial charge in [-0.15, -0.1) is 0 Å². The Labute approximate surface area is 171 Å². The first kappa shape index (κ1) is 19.9. The molecular weight excluding hydrogens is 396 g/mol. The summed E-state index contributed by atoms with van der Waals surface area (Å²) < 4.78 is 11.3. The van der Waals surface area contributed by atoms with E-state index in [1.54, 1.807) is 6.92 Å². The Morgan fingerprint density at radius 1 is 1.36 bits per heavy atom. The number of nitrogens with one attached hydrogen (secondary N) is 1. The lowest BCUT2D eigenvalue weighted by Gasteiger charge is -2.10. The number of hydrazone groups is 1. The molecule has 0 amide bonds. The summed E-state index contributed by atoms with van der Waals surface area (Å²) in [4.78, 5) is 12.3. The van der Waals surface area contributed by atoms with E-state index in [2.05, 4.69) is 10.5 Å². The summed E-state index contributed by atoms with van der Waals surface area (Å²) in [6.45, 7) is 1.66. The van der Waals surface area contributed by atoms with Crippen molar-refractivity contribution in [3.8, 4) is 11.5 Å². The van der Waals surface area contributed by atoms with Gasteiger partial charge in [0.05, 0.1) is 18.9 Å². The second kappa shape index (κ2) is 8.90. The van der Waals surface area contributed by atoms with E-state index < -0.39 is 0 Å². The molecule has 0 atom stereocenters. The molecule has 1 heterocycles. The highest BCUT2D eigenvalue weighted by Gasteiger charge is 2.17. The maximum Gasteiger partial charge on any atom is 0.196 e. The molecule has 1 aromatic heterocycles. The molecule has 3 aromatic rings. The maximum atomic E-state index is 12.3. The van der Waals surface area contributed by atoms with Crippen molar-refractivity contribution in [1.29, 1.82) is 0 Å². The van der Waals surface area contributed by atoms with E-state index in [9.17, 15) is 9.90 Å². The van der Waals surface area contributed by atoms with Gasteiger partial charge in [0.15, 0.2) is 9.75 Å². The average molecular weight is 415 g/mol. The molecule has 0 bridgehead atoms. The van der Waals surface area contributed by atoms with Crippen LogP contribution in [0.3, 0.4) is 0 Å². The van der Waals surface area contributed by atoms with Crippen LogP contribution in [0.4, 0.5) is 0 Å². The molecule has 0 aliphatic rings. The summed E-state index contributed by atoms with van der Waals surface area (Å²) in [5.41, 5.74) is 4.15. The Hall–Kier alpha value is -2.84. The fourth-order valence-electron chi connectivity index (χ4n) is 2.65. The van der Waals surface area contributed by atoms with E-state index in [-0.39, 0.29) is 33.5 Å². The van der Waals surface area contributed by atoms with Crippen molar-refractivity contribution in [2.24, 2.45) is 5.10 Å². The van der Waals surface area contributed by atoms with Crippen LogP contribution in [0.2, 0.25) is 0 Å². The van der Waals surface area contributed by atoms with E-state index in [0.29, 0.717) is 15.8 Å². The molecule has 0 fully saturated rings. The molecule has 0 aliphatic carbocycles. The minimum atomic E-state index is -0.257. The summed E-state index contributed by atoms with van der Waals surface area (Å²) in [6.07, 6.45) is 1.36. The number of nitrogens with zero attached hydrogens (tertiary/aromatic N) is 1. The van der Waals surface area contributed by atoms with Gasteiger partial charge < -0.3 is 14.3 Å². The van der Waals surface area contributed by atoms with Crippen molar-refractivity contribution in [2.45, 2.75) is 12.7 Å². The van der Waals surface area contributed by atoms with Crippen molar-refractivity contribution in [3.63, 3.8) is 0 Å². The molecule has 0 radical (unpaired) electrons. The second-order valence-electron chi connectivity index (χ2n) is 5.87. The fraction of sp³-hybridized carbons (Fsp3) is 0.150. The van der Waals surface area contributed by atoms with Gasteiger partial charge in [0.1, 0.15) is 28.2 Å². The number of hydrogen-bond acceptors (Lipinski definition) is 7. The Bertz CT molecular complexity index is 1090. The minimum absolute atomic E-state index is 0.119. The van der Waals surface area contributed by atoms with E-state index in [0.717, 1.165) is 5.56 Å². The van der Waals surface area contributed by atoms with Crippen molar-refractivity contribution in [3.05, 3.63) is 69.6 Å². The van der Waals surface area contributed by atoms with E-state index in [4.69, 9.17) is 21.4 Å². The standard InChI is InChI=1S/C20H18N2O4S2/c1-12-8-16(24)18-17(26-12)9-15(23)14(19(18)25-2)10-21-22-20(27)28-11-13-6-4-3-5-7-13/h3-10,23H,11H2,1-2H3,(H,22,27)/b21-10-. The third kappa shape index (κ3) is 4.52. The Balaban J connectivity index is 1.78. The largest absolute Gasteiger partial charge is 0.507 e. The molecule has 2 N–H and O–H groups in total. The monoisotopic (exact) mass is 414 g/mol. The van der Waals surface area contributed by atoms with Crippen LogP contribution in [0.1, 0.15) is 16.9 Å². The van der Waals surface area contributed by atoms with Gasteiger partial charge in [-0.25, -0.2) is 0 Å². The maximum absolute atomic E-state index is 12.3. The van der Waals surface area contributed by atoms with Crippen LogP contribution < -0.4 is 15.6 Å². The molecule has 6 nitrogen and oxygen atoms in total. The number of thiocarbonyl (C=S) groups is 1. The first-order valence-corrected chi connectivity index (χ1v) is 9.73. The number of ether oxygens (including phenoxy) is 1. The zero-order valence-electron chi connectivity index (χ0n) is 15.3. The number of benzene rings is 2. The van der Waals surface area contributed by atoms with Gasteiger partial charge in [-0.3, -0.25) is 10.2 Å². The molecule has 8 heteroatoms. The number of fused-ring (bicyclic) bond motifs is 1. The van der Waals surface area contributed by atoms with Gasteiger partial charge in [-0.05, 0) is 12.5 Å². The third-order valence-corrected chi connectivity index (χ3v) is 5.16. The van der Waals surface area contributed by atoms with Crippen LogP contribution in [0.5, 0.6) is 11.5 Å². The fourth-order valence-corrected chi connectivity index (χ4v) is 3.49. The van der Waals surface area contributed by atoms with Crippen molar-refractivity contribution >= 4 is 45.5 Å². The molecule has 0 saturated heterocycles. The summed E-state index contributed by atoms with van der Waals surface area (Å²) >= 11 is 6.69. The highest BCUT2D eigenvalue weighted by Crippen LogP contribution is 2.33. The molecule has 0 spiro atoms. The quantitative estimate of drug-likeness (QED) is 0.371. The van der Waals surface area contributed by atoms with Crippen molar-refractivity contribution in [2.75, 3.05) is 7.11 Å². The zero-order valence-corrected chi connectivity index (χ0v) is 16.9. The highest BCUT2D eigenvalue weighted by molar-refractivity contribution is 8.22. The number of phenols is 1. The van der Waals surface area contributed by atoms with Crippen molar-refractivity contribution < 1.29 is 14.3 Å². The summed E-state index contributed by atoms with van der Waals surface area (Å²) in [6, 6.07) is 12.7. The second-order valence-corrected chi connectivity index (χ2v) is 7.52. The number of aryl methyl sites for hydroxylation is 1. The van der Waals surface area contributed by atoms with Crippen LogP contribution in [0, 0.1) is 6.92 Å². The van der Waals surface area contributed by atoms with E-state index in [1.807, 2.05) is 30.3 Å². The van der Waals surface area contributed by atoms with Crippen LogP contribution in [0.15, 0.2) is 56.8 Å². The number of thioether (sulfide) groups is 1. The smallest absolute Gasteiger partial charge is 0.196 e. The summed E-state index contributed by atoms with van der Waals surface area (Å²) in [5.74, 6) is 1.24. The highest BCUT2D eigenvalue weighted by atomic mass is 32.2. The van der Waals surface area contributed by atoms with Gasteiger partial charge in [0.25, 0.3) is 0 Å². The molecule has 144 valence electrons. The lowest BCUT2D eigenvalue weighted by molar-refractivity contribution is 0.410. The molecule has 0 aliphatic heterocycles. The van der Waals surface area contributed by atoms with Gasteiger partial charge in [-0.1, -0.05) is 54.3 Å². The van der Waals surface area contributed by atoms with Crippen LogP contribution in [-0.2, 0) is 5.75 Å². The summed E-state index contributed by atoms with van der Waals surface area (Å²) in [7, 11) is 1.42. The number of methoxy groups -OCH3 is 1. The third-order valence-electron chi connectivity index (χ3n) is 3.88. The zero-order chi connectivity index (χ0) is 20.1. The Morgan fingerprint density at radius 2 is 2.11 bits per heavy atom. The predicted molar refractivity (Wildman–Crippen MR) is 117 cm³/mol. The van der Waals surface area contributed by atoms with Gasteiger partial charge in [0, 0.05) is 17.9 Å². The van der Waals surface area contributed by atoms with Crippen LogP contribution in [0.25, 0.3) is 11.0 Å². The molecule has 0 unspecified atom stereocenters. The van der Waals surface area contributed by atoms with E-state index in [1.165, 1.54) is 37.2 Å². The molecular formula is C20H18N2O4S2. The Kier molecular flexibility index (Phi) is 6.33. The number of phenolic OH excluding ortho intramolecular Hbond substituents is 1. The SMILES string of the molecule is COc1c(/C=N\NC(=S)SCc2ccccc2)c(O)cc2oc(C)cc(=O)c12. The van der Waals surface area contributed by atoms with E-state index >= 15 is 0 Å². The molecule has 0 saturated carbocycles. The lowest BCUT2D eigenvalue weighted by atomic mass is 10.1. The topological polar surface area (TPSA) is 84.1 Å². The van der Waals surface area contributed by atoms with Gasteiger partial charge in [0.2, 0.25) is 0 Å². The first-order valence-electron chi connectivity index (χ1n) is 8.33. The van der Waals surface area contributed by atoms with Gasteiger partial charge in [-0.2, -0.15) is 5.10 Å². The average Bonchev–Trinajstić information content (AvgIpc) is 2.67. The number of rotatable bonds is 5. The van der Waals surface area contributed by atoms with Crippen LogP contribution >= 0.6 is 24.0 Å². The van der Waals surface area contributed by atoms with Gasteiger partial charge >= 0.3 is 0 Å². The Morgan fingerprint density at radius 3 is 2.82 bits per heavy atom. The predicted octanol–water partition coefficient (Wildman–Crippen LogP) is 3.96. The number of aromatic hydroxyl groups is 1.